The molecule has 9 heteroatoms. The van der Waals surface area contributed by atoms with Gasteiger partial charge in [-0.2, -0.15) is 5.26 Å². The molecule has 7 nitrogen and oxygen atoms in total. The van der Waals surface area contributed by atoms with Crippen molar-refractivity contribution in [1.82, 2.24) is 13.8 Å². The van der Waals surface area contributed by atoms with Gasteiger partial charge in [0.2, 0.25) is 10.0 Å². The van der Waals surface area contributed by atoms with Crippen molar-refractivity contribution in [2.24, 2.45) is 0 Å². The van der Waals surface area contributed by atoms with Crippen molar-refractivity contribution in [1.29, 1.82) is 5.26 Å². The normalized spacial score (nSPS) is 16.5. The van der Waals surface area contributed by atoms with Crippen molar-refractivity contribution < 1.29 is 13.2 Å². The highest BCUT2D eigenvalue weighted by molar-refractivity contribution is 7.89. The first-order valence-corrected chi connectivity index (χ1v) is 17.0. The van der Waals surface area contributed by atoms with E-state index in [1.165, 1.54) is 4.31 Å². The highest BCUT2D eigenvalue weighted by Crippen LogP contribution is 2.32. The Balaban J connectivity index is 1.92. The van der Waals surface area contributed by atoms with Crippen LogP contribution in [-0.2, 0) is 27.9 Å². The van der Waals surface area contributed by atoms with Gasteiger partial charge in [0, 0.05) is 45.9 Å². The number of nitrogens with zero attached hydrogens (tertiary/aromatic N) is 4. The first kappa shape index (κ1) is 25.9. The zero-order chi connectivity index (χ0) is 24.2. The Morgan fingerprint density at radius 3 is 2.52 bits per heavy atom. The van der Waals surface area contributed by atoms with Crippen molar-refractivity contribution >= 4 is 29.0 Å². The van der Waals surface area contributed by atoms with Crippen LogP contribution in [0.5, 0.6) is 0 Å². The van der Waals surface area contributed by atoms with Gasteiger partial charge in [-0.1, -0.05) is 25.7 Å². The molecule has 1 aliphatic heterocycles. The fourth-order valence-electron chi connectivity index (χ4n) is 4.15. The van der Waals surface area contributed by atoms with E-state index in [1.807, 2.05) is 26.2 Å². The highest BCUT2D eigenvalue weighted by Gasteiger charge is 2.35. The van der Waals surface area contributed by atoms with E-state index in [9.17, 15) is 13.7 Å². The van der Waals surface area contributed by atoms with Crippen LogP contribution in [0.25, 0.3) is 10.9 Å². The van der Waals surface area contributed by atoms with E-state index in [0.717, 1.165) is 54.9 Å². The average Bonchev–Trinajstić information content (AvgIpc) is 3.38. The lowest BCUT2D eigenvalue weighted by molar-refractivity contribution is 0.0901. The molecule has 1 saturated heterocycles. The van der Waals surface area contributed by atoms with Gasteiger partial charge in [0.25, 0.3) is 0 Å². The first-order valence-electron chi connectivity index (χ1n) is 11.8. The molecule has 0 amide bonds. The Hall–Kier alpha value is -1.70. The number of fused-ring (bicyclic) bond motifs is 1. The van der Waals surface area contributed by atoms with E-state index in [-0.39, 0.29) is 0 Å². The second-order valence-electron chi connectivity index (χ2n) is 10.5. The minimum atomic E-state index is -3.70. The lowest BCUT2D eigenvalue weighted by atomic mass is 10.1. The molecule has 2 heterocycles. The quantitative estimate of drug-likeness (QED) is 0.351. The summed E-state index contributed by atoms with van der Waals surface area (Å²) in [6, 6.07) is 8.81. The van der Waals surface area contributed by atoms with Crippen LogP contribution in [0.1, 0.15) is 29.2 Å². The zero-order valence-electron chi connectivity index (χ0n) is 20.7. The summed E-state index contributed by atoms with van der Waals surface area (Å²) in [6.45, 7) is 10.1. The molecule has 0 bridgehead atoms. The van der Waals surface area contributed by atoms with Crippen molar-refractivity contribution in [2.45, 2.75) is 56.9 Å². The number of rotatable bonds is 11. The molecular formula is C24H38N4O3SSi. The highest BCUT2D eigenvalue weighted by atomic mass is 32.2. The van der Waals surface area contributed by atoms with Crippen LogP contribution in [0, 0.1) is 11.3 Å². The van der Waals surface area contributed by atoms with Gasteiger partial charge in [0.05, 0.1) is 11.6 Å². The molecule has 1 aromatic heterocycles. The smallest absolute Gasteiger partial charge is 0.234 e. The topological polar surface area (TPSA) is 78.6 Å². The van der Waals surface area contributed by atoms with Gasteiger partial charge in [-0.25, -0.2) is 12.7 Å². The molecular weight excluding hydrogens is 452 g/mol. The van der Waals surface area contributed by atoms with Gasteiger partial charge in [-0.05, 0) is 62.7 Å². The first-order chi connectivity index (χ1) is 15.5. The molecule has 1 fully saturated rings. The van der Waals surface area contributed by atoms with Crippen LogP contribution in [0.4, 0.5) is 0 Å². The van der Waals surface area contributed by atoms with Gasteiger partial charge in [0.1, 0.15) is 6.73 Å². The SMILES string of the molecule is CN(C)CCc1cn(COCC[Si](C)(C)C)c2ccc(C(C#N)S(=O)(=O)N3CCCC3)cc12. The monoisotopic (exact) mass is 490 g/mol. The Kier molecular flexibility index (Phi) is 8.40. The van der Waals surface area contributed by atoms with E-state index in [2.05, 4.69) is 41.4 Å². The molecule has 33 heavy (non-hydrogen) atoms. The van der Waals surface area contributed by atoms with Crippen LogP contribution in [0.15, 0.2) is 24.4 Å². The molecule has 0 N–H and O–H groups in total. The summed E-state index contributed by atoms with van der Waals surface area (Å²) < 4.78 is 35.8. The number of ether oxygens (including phenoxy) is 1. The van der Waals surface area contributed by atoms with Gasteiger partial charge in [-0.3, -0.25) is 0 Å². The second-order valence-corrected chi connectivity index (χ2v) is 18.1. The van der Waals surface area contributed by atoms with E-state index < -0.39 is 23.3 Å². The summed E-state index contributed by atoms with van der Waals surface area (Å²) in [5.74, 6) is 0. The standard InChI is InChI=1S/C24H38N4O3SSi/c1-26(2)13-10-21-18-27(19-31-14-15-33(3,4)5)23-9-8-20(16-22(21)23)24(17-25)32(29,30)28-11-6-7-12-28/h8-9,16,18,24H,6-7,10-15,19H2,1-5H3. The van der Waals surface area contributed by atoms with Crippen LogP contribution >= 0.6 is 0 Å². The molecule has 1 aromatic carbocycles. The third-order valence-corrected chi connectivity index (χ3v) is 9.95. The maximum atomic E-state index is 13.1. The molecule has 2 aromatic rings. The largest absolute Gasteiger partial charge is 0.361 e. The lowest BCUT2D eigenvalue weighted by Crippen LogP contribution is -2.32. The predicted molar refractivity (Wildman–Crippen MR) is 136 cm³/mol. The molecule has 1 aliphatic rings. The van der Waals surface area contributed by atoms with Crippen molar-refractivity contribution in [3.8, 4) is 6.07 Å². The lowest BCUT2D eigenvalue weighted by Gasteiger charge is -2.20. The Bertz CT molecular complexity index is 1090. The number of sulfonamides is 1. The molecule has 1 unspecified atom stereocenters. The average molecular weight is 491 g/mol. The number of benzene rings is 1. The molecule has 182 valence electrons. The molecule has 0 aliphatic carbocycles. The fourth-order valence-corrected chi connectivity index (χ4v) is 6.59. The minimum Gasteiger partial charge on any atom is -0.361 e. The second kappa shape index (κ2) is 10.7. The predicted octanol–water partition coefficient (Wildman–Crippen LogP) is 4.05. The summed E-state index contributed by atoms with van der Waals surface area (Å²) in [7, 11) is -0.773. The Morgan fingerprint density at radius 2 is 1.91 bits per heavy atom. The van der Waals surface area contributed by atoms with Crippen LogP contribution in [-0.4, -0.2) is 70.6 Å². The summed E-state index contributed by atoms with van der Waals surface area (Å²) >= 11 is 0. The summed E-state index contributed by atoms with van der Waals surface area (Å²) in [6.07, 6.45) is 4.66. The van der Waals surface area contributed by atoms with Gasteiger partial charge < -0.3 is 14.2 Å². The number of hydrogen-bond donors (Lipinski definition) is 0. The van der Waals surface area contributed by atoms with Crippen molar-refractivity contribution in [3.63, 3.8) is 0 Å². The van der Waals surface area contributed by atoms with Gasteiger partial charge >= 0.3 is 0 Å². The summed E-state index contributed by atoms with van der Waals surface area (Å²) in [5.41, 5.74) is 2.70. The number of nitriles is 1. The third-order valence-electron chi connectivity index (χ3n) is 6.19. The number of likely N-dealkylation sites (N-methyl/N-ethyl adjacent to an activating group) is 1. The molecule has 0 radical (unpaired) electrons. The van der Waals surface area contributed by atoms with Crippen molar-refractivity contribution in [3.05, 3.63) is 35.5 Å². The molecule has 0 saturated carbocycles. The molecule has 3 rings (SSSR count). The minimum absolute atomic E-state index is 0.468. The van der Waals surface area contributed by atoms with E-state index >= 15 is 0 Å². The van der Waals surface area contributed by atoms with Crippen LogP contribution in [0.3, 0.4) is 0 Å². The van der Waals surface area contributed by atoms with E-state index in [1.54, 1.807) is 6.07 Å². The third kappa shape index (κ3) is 6.46. The Labute approximate surface area is 200 Å². The van der Waals surface area contributed by atoms with Crippen molar-refractivity contribution in [2.75, 3.05) is 40.3 Å². The summed E-state index contributed by atoms with van der Waals surface area (Å²) in [4.78, 5) is 2.13. The maximum absolute atomic E-state index is 13.1. The fraction of sp³-hybridized carbons (Fsp3) is 0.625. The number of aromatic nitrogens is 1. The van der Waals surface area contributed by atoms with Gasteiger partial charge in [0.15, 0.2) is 5.25 Å². The molecule has 1 atom stereocenters. The van der Waals surface area contributed by atoms with Crippen LogP contribution in [0.2, 0.25) is 25.7 Å². The van der Waals surface area contributed by atoms with E-state index in [0.29, 0.717) is 25.4 Å². The zero-order valence-corrected chi connectivity index (χ0v) is 22.5. The Morgan fingerprint density at radius 1 is 1.21 bits per heavy atom. The number of hydrogen-bond acceptors (Lipinski definition) is 5. The molecule has 0 spiro atoms. The van der Waals surface area contributed by atoms with Gasteiger partial charge in [-0.15, -0.1) is 0 Å². The van der Waals surface area contributed by atoms with E-state index in [4.69, 9.17) is 4.74 Å². The maximum Gasteiger partial charge on any atom is 0.234 e. The van der Waals surface area contributed by atoms with Crippen LogP contribution < -0.4 is 0 Å². The summed E-state index contributed by atoms with van der Waals surface area (Å²) in [5, 5.41) is 9.64.